The summed E-state index contributed by atoms with van der Waals surface area (Å²) >= 11 is 0. The maximum Gasteiger partial charge on any atom is 0.252 e. The summed E-state index contributed by atoms with van der Waals surface area (Å²) in [6, 6.07) is 8.88. The van der Waals surface area contributed by atoms with Gasteiger partial charge in [-0.3, -0.25) is 9.69 Å². The van der Waals surface area contributed by atoms with Crippen LogP contribution in [0.4, 0.5) is 0 Å². The molecule has 0 bridgehead atoms. The molecule has 1 aromatic heterocycles. The molecule has 1 N–H and O–H groups in total. The van der Waals surface area contributed by atoms with Crippen LogP contribution >= 0.6 is 0 Å². The molecule has 3 rings (SSSR count). The number of H-pyrrole nitrogens is 1. The minimum atomic E-state index is 0.0320. The van der Waals surface area contributed by atoms with Gasteiger partial charge in [-0.2, -0.15) is 0 Å². The summed E-state index contributed by atoms with van der Waals surface area (Å²) in [5.74, 6) is 0. The van der Waals surface area contributed by atoms with E-state index in [1.807, 2.05) is 18.2 Å². The monoisotopic (exact) mass is 327 g/mol. The molecule has 0 radical (unpaired) electrons. The Hall–Kier alpha value is -1.65. The lowest BCUT2D eigenvalue weighted by molar-refractivity contribution is 0.141. The van der Waals surface area contributed by atoms with E-state index in [1.54, 1.807) is 0 Å². The molecule has 1 aromatic carbocycles. The van der Waals surface area contributed by atoms with Gasteiger partial charge >= 0.3 is 0 Å². The molecule has 1 fully saturated rings. The maximum atomic E-state index is 12.3. The van der Waals surface area contributed by atoms with Gasteiger partial charge in [-0.25, -0.2) is 0 Å². The van der Waals surface area contributed by atoms with Crippen LogP contribution in [-0.4, -0.2) is 47.5 Å². The summed E-state index contributed by atoms with van der Waals surface area (Å²) in [4.78, 5) is 20.2. The lowest BCUT2D eigenvalue weighted by Gasteiger charge is -2.34. The highest BCUT2D eigenvalue weighted by molar-refractivity contribution is 5.79. The first-order valence-electron chi connectivity index (χ1n) is 9.08. The highest BCUT2D eigenvalue weighted by Crippen LogP contribution is 2.16. The van der Waals surface area contributed by atoms with Crippen LogP contribution < -0.4 is 5.56 Å². The van der Waals surface area contributed by atoms with Gasteiger partial charge in [0.1, 0.15) is 0 Å². The Morgan fingerprint density at radius 1 is 1.29 bits per heavy atom. The molecule has 0 aliphatic carbocycles. The third-order valence-electron chi connectivity index (χ3n) is 5.23. The molecule has 1 saturated heterocycles. The predicted molar refractivity (Wildman–Crippen MR) is 101 cm³/mol. The molecular weight excluding hydrogens is 298 g/mol. The van der Waals surface area contributed by atoms with Crippen LogP contribution in [0, 0.1) is 6.92 Å². The Morgan fingerprint density at radius 3 is 2.92 bits per heavy atom. The van der Waals surface area contributed by atoms with Crippen LogP contribution in [-0.2, 0) is 6.54 Å². The summed E-state index contributed by atoms with van der Waals surface area (Å²) in [6.07, 6.45) is 3.99. The number of pyridine rings is 1. The van der Waals surface area contributed by atoms with E-state index in [9.17, 15) is 4.79 Å². The van der Waals surface area contributed by atoms with E-state index in [0.29, 0.717) is 12.6 Å². The lowest BCUT2D eigenvalue weighted by atomic mass is 10.0. The number of piperidine rings is 1. The summed E-state index contributed by atoms with van der Waals surface area (Å²) in [6.45, 7) is 8.40. The van der Waals surface area contributed by atoms with Gasteiger partial charge in [0.15, 0.2) is 0 Å². The SMILES string of the molecule is Cc1ccc2[nH]c(=O)c(CN(C)CCN3CCCC[C@@H]3C)cc2c1. The Bertz CT molecular complexity index is 752. The van der Waals surface area contributed by atoms with Gasteiger partial charge in [0.2, 0.25) is 0 Å². The fraction of sp³-hybridized carbons (Fsp3) is 0.550. The van der Waals surface area contributed by atoms with Crippen LogP contribution in [0.1, 0.15) is 37.3 Å². The number of nitrogens with zero attached hydrogens (tertiary/aromatic N) is 2. The first kappa shape index (κ1) is 17.2. The number of aromatic nitrogens is 1. The lowest BCUT2D eigenvalue weighted by Crippen LogP contribution is -2.41. The van der Waals surface area contributed by atoms with Crippen LogP contribution in [0.5, 0.6) is 0 Å². The molecule has 1 aliphatic heterocycles. The zero-order chi connectivity index (χ0) is 17.1. The maximum absolute atomic E-state index is 12.3. The molecule has 2 aromatic rings. The number of benzene rings is 1. The van der Waals surface area contributed by atoms with Crippen molar-refractivity contribution in [3.8, 4) is 0 Å². The quantitative estimate of drug-likeness (QED) is 0.917. The van der Waals surface area contributed by atoms with Gasteiger partial charge in [0.05, 0.1) is 0 Å². The number of aryl methyl sites for hydroxylation is 1. The van der Waals surface area contributed by atoms with E-state index >= 15 is 0 Å². The van der Waals surface area contributed by atoms with E-state index in [0.717, 1.165) is 29.6 Å². The second kappa shape index (κ2) is 7.49. The van der Waals surface area contributed by atoms with Crippen molar-refractivity contribution < 1.29 is 0 Å². The summed E-state index contributed by atoms with van der Waals surface area (Å²) < 4.78 is 0. The third-order valence-corrected chi connectivity index (χ3v) is 5.23. The molecule has 0 spiro atoms. The number of aromatic amines is 1. The minimum absolute atomic E-state index is 0.0320. The van der Waals surface area contributed by atoms with Crippen molar-refractivity contribution in [1.29, 1.82) is 0 Å². The molecule has 2 heterocycles. The normalized spacial score (nSPS) is 19.2. The van der Waals surface area contributed by atoms with Gasteiger partial charge in [-0.15, -0.1) is 0 Å². The zero-order valence-corrected chi connectivity index (χ0v) is 15.1. The molecule has 0 saturated carbocycles. The number of hydrogen-bond donors (Lipinski definition) is 1. The van der Waals surface area contributed by atoms with Crippen molar-refractivity contribution >= 4 is 10.9 Å². The average molecular weight is 327 g/mol. The fourth-order valence-corrected chi connectivity index (χ4v) is 3.65. The Balaban J connectivity index is 1.65. The number of rotatable bonds is 5. The van der Waals surface area contributed by atoms with Gasteiger partial charge in [-0.05, 0) is 63.9 Å². The van der Waals surface area contributed by atoms with E-state index < -0.39 is 0 Å². The number of nitrogens with one attached hydrogen (secondary N) is 1. The van der Waals surface area contributed by atoms with Gasteiger partial charge in [0.25, 0.3) is 5.56 Å². The zero-order valence-electron chi connectivity index (χ0n) is 15.1. The van der Waals surface area contributed by atoms with Crippen molar-refractivity contribution in [2.24, 2.45) is 0 Å². The van der Waals surface area contributed by atoms with Crippen LogP contribution in [0.2, 0.25) is 0 Å². The van der Waals surface area contributed by atoms with E-state index in [-0.39, 0.29) is 5.56 Å². The smallest absolute Gasteiger partial charge is 0.252 e. The molecule has 0 unspecified atom stereocenters. The summed E-state index contributed by atoms with van der Waals surface area (Å²) in [5.41, 5.74) is 3.01. The summed E-state index contributed by atoms with van der Waals surface area (Å²) in [5, 5.41) is 1.11. The number of likely N-dealkylation sites (tertiary alicyclic amines) is 1. The second-order valence-electron chi connectivity index (χ2n) is 7.33. The Labute approximate surface area is 144 Å². The standard InChI is InChI=1S/C20H29N3O/c1-15-7-8-19-17(12-15)13-18(20(24)21-19)14-22(3)10-11-23-9-5-4-6-16(23)2/h7-8,12-13,16H,4-6,9-11,14H2,1-3H3,(H,21,24)/t16-/m0/s1. The molecule has 4 nitrogen and oxygen atoms in total. The second-order valence-corrected chi connectivity index (χ2v) is 7.33. The molecule has 24 heavy (non-hydrogen) atoms. The van der Waals surface area contributed by atoms with E-state index in [2.05, 4.69) is 41.7 Å². The van der Waals surface area contributed by atoms with Gasteiger partial charge in [0, 0.05) is 36.8 Å². The Morgan fingerprint density at radius 2 is 2.12 bits per heavy atom. The molecule has 1 aliphatic rings. The summed E-state index contributed by atoms with van der Waals surface area (Å²) in [7, 11) is 2.11. The van der Waals surface area contributed by atoms with Crippen molar-refractivity contribution in [3.05, 3.63) is 45.7 Å². The number of likely N-dealkylation sites (N-methyl/N-ethyl adjacent to an activating group) is 1. The topological polar surface area (TPSA) is 39.3 Å². The third kappa shape index (κ3) is 4.05. The number of fused-ring (bicyclic) bond motifs is 1. The van der Waals surface area contributed by atoms with E-state index in [4.69, 9.17) is 0 Å². The van der Waals surface area contributed by atoms with Crippen molar-refractivity contribution in [2.45, 2.75) is 45.7 Å². The molecular formula is C20H29N3O. The first-order valence-corrected chi connectivity index (χ1v) is 9.08. The Kier molecular flexibility index (Phi) is 5.36. The van der Waals surface area contributed by atoms with Crippen LogP contribution in [0.3, 0.4) is 0 Å². The molecule has 4 heteroatoms. The molecule has 0 amide bonds. The fourth-order valence-electron chi connectivity index (χ4n) is 3.65. The highest BCUT2D eigenvalue weighted by atomic mass is 16.1. The largest absolute Gasteiger partial charge is 0.322 e. The first-order chi connectivity index (χ1) is 11.5. The average Bonchev–Trinajstić information content (AvgIpc) is 2.55. The highest BCUT2D eigenvalue weighted by Gasteiger charge is 2.18. The molecule has 130 valence electrons. The van der Waals surface area contributed by atoms with Crippen LogP contribution in [0.15, 0.2) is 29.1 Å². The minimum Gasteiger partial charge on any atom is -0.322 e. The van der Waals surface area contributed by atoms with E-state index in [1.165, 1.54) is 31.4 Å². The van der Waals surface area contributed by atoms with Gasteiger partial charge < -0.3 is 9.88 Å². The van der Waals surface area contributed by atoms with Crippen LogP contribution in [0.25, 0.3) is 10.9 Å². The molecule has 1 atom stereocenters. The van der Waals surface area contributed by atoms with Gasteiger partial charge in [-0.1, -0.05) is 18.1 Å². The number of hydrogen-bond acceptors (Lipinski definition) is 3. The predicted octanol–water partition coefficient (Wildman–Crippen LogP) is 3.14. The van der Waals surface area contributed by atoms with Crippen molar-refractivity contribution in [1.82, 2.24) is 14.8 Å². The van der Waals surface area contributed by atoms with Crippen molar-refractivity contribution in [3.63, 3.8) is 0 Å². The van der Waals surface area contributed by atoms with Crippen molar-refractivity contribution in [2.75, 3.05) is 26.7 Å².